The lowest BCUT2D eigenvalue weighted by Crippen LogP contribution is -2.61. The van der Waals surface area contributed by atoms with E-state index < -0.39 is 59.9 Å². The molecule has 0 aliphatic carbocycles. The summed E-state index contributed by atoms with van der Waals surface area (Å²) in [4.78, 5) is 13.2. The van der Waals surface area contributed by atoms with E-state index in [-0.39, 0.29) is 18.9 Å². The zero-order valence-corrected chi connectivity index (χ0v) is 56.5. The SMILES string of the molecule is CCCCCCCCCCCCCCCCCCC/C=C/C(O)C(COC1OC(CO)C(O)C(OS(=O)(=O)O)C1O)NC(=O)CCCCCCCCCCCCCCCCCCCCCCCCCCCCCCCCCCCCCCCCC. The Morgan fingerprint density at radius 2 is 0.741 bits per heavy atom. The second kappa shape index (κ2) is 61.7. The highest BCUT2D eigenvalue weighted by Crippen LogP contribution is 2.27. The molecule has 0 aromatic carbocycles. The Labute approximate surface area is 525 Å². The highest BCUT2D eigenvalue weighted by atomic mass is 32.3. The number of carbonyl (C=O) groups excluding carboxylic acids is 1. The summed E-state index contributed by atoms with van der Waals surface area (Å²) >= 11 is 0. The molecule has 1 aliphatic rings. The van der Waals surface area contributed by atoms with Crippen molar-refractivity contribution in [1.82, 2.24) is 5.32 Å². The van der Waals surface area contributed by atoms with E-state index in [2.05, 4.69) is 23.3 Å². The first kappa shape index (κ1) is 81.9. The zero-order chi connectivity index (χ0) is 61.8. The summed E-state index contributed by atoms with van der Waals surface area (Å²) in [5.74, 6) is -0.253. The van der Waals surface area contributed by atoms with Gasteiger partial charge in [0.1, 0.15) is 24.4 Å². The minimum Gasteiger partial charge on any atom is -0.394 e. The molecule has 6 N–H and O–H groups in total. The lowest BCUT2D eigenvalue weighted by atomic mass is 9.99. The third kappa shape index (κ3) is 53.2. The molecule has 13 heteroatoms. The van der Waals surface area contributed by atoms with Gasteiger partial charge in [0.25, 0.3) is 0 Å². The quantitative estimate of drug-likeness (QED) is 0.0193. The van der Waals surface area contributed by atoms with Gasteiger partial charge in [-0.1, -0.05) is 373 Å². The second-order valence-electron chi connectivity index (χ2n) is 26.3. The first-order chi connectivity index (χ1) is 41.5. The lowest BCUT2D eigenvalue weighted by Gasteiger charge is -2.41. The maximum atomic E-state index is 13.2. The molecule has 1 fully saturated rings. The van der Waals surface area contributed by atoms with Crippen LogP contribution in [0.15, 0.2) is 12.2 Å². The lowest BCUT2D eigenvalue weighted by molar-refractivity contribution is -0.298. The number of unbranched alkanes of at least 4 members (excludes halogenated alkanes) is 55. The summed E-state index contributed by atoms with van der Waals surface area (Å²) in [7, 11) is -5.09. The minimum absolute atomic E-state index is 0.253. The standard InChI is InChI=1S/C72H141NO11S/c1-3-5-7-9-11-13-15-17-19-21-23-24-25-26-27-28-29-30-31-32-33-34-35-36-37-38-39-40-41-42-44-46-48-50-52-54-56-58-60-62-68(76)73-65(64-82-72-70(78)71(84-85(79,80)81)69(77)67(63-74)83-72)66(75)61-59-57-55-53-51-49-47-45-43-22-20-18-16-14-12-10-8-6-4-2/h59,61,65-67,69-72,74-75,77-78H,3-58,60,62-64H2,1-2H3,(H,73,76)(H,79,80,81)/b61-59+. The molecule has 1 aliphatic heterocycles. The van der Waals surface area contributed by atoms with Crippen molar-refractivity contribution in [3.8, 4) is 0 Å². The molecule has 0 radical (unpaired) electrons. The molecule has 0 aromatic rings. The predicted octanol–water partition coefficient (Wildman–Crippen LogP) is 19.7. The average molecular weight is 1230 g/mol. The van der Waals surface area contributed by atoms with E-state index in [0.717, 1.165) is 38.5 Å². The largest absolute Gasteiger partial charge is 0.397 e. The molecule has 85 heavy (non-hydrogen) atoms. The smallest absolute Gasteiger partial charge is 0.394 e. The molecular formula is C72H141NO11S. The molecule has 7 atom stereocenters. The van der Waals surface area contributed by atoms with Gasteiger partial charge in [0.15, 0.2) is 6.29 Å². The van der Waals surface area contributed by atoms with Crippen molar-refractivity contribution in [2.45, 2.75) is 429 Å². The number of ether oxygens (including phenoxy) is 2. The summed E-state index contributed by atoms with van der Waals surface area (Å²) < 4.78 is 48.0. The zero-order valence-electron chi connectivity index (χ0n) is 55.7. The fourth-order valence-electron chi connectivity index (χ4n) is 12.4. The monoisotopic (exact) mass is 1230 g/mol. The molecule has 12 nitrogen and oxygen atoms in total. The fraction of sp³-hybridized carbons (Fsp3) is 0.958. The molecule has 1 amide bonds. The summed E-state index contributed by atoms with van der Waals surface area (Å²) in [6.45, 7) is 3.47. The molecule has 1 rings (SSSR count). The van der Waals surface area contributed by atoms with Crippen LogP contribution in [0.1, 0.15) is 386 Å². The van der Waals surface area contributed by atoms with Gasteiger partial charge in [-0.15, -0.1) is 0 Å². The van der Waals surface area contributed by atoms with E-state index >= 15 is 0 Å². The van der Waals surface area contributed by atoms with Crippen molar-refractivity contribution in [3.63, 3.8) is 0 Å². The van der Waals surface area contributed by atoms with E-state index in [0.29, 0.717) is 6.42 Å². The van der Waals surface area contributed by atoms with Crippen LogP contribution in [-0.2, 0) is 28.9 Å². The van der Waals surface area contributed by atoms with Gasteiger partial charge >= 0.3 is 10.4 Å². The molecule has 506 valence electrons. The van der Waals surface area contributed by atoms with Crippen LogP contribution in [0.25, 0.3) is 0 Å². The molecule has 0 bridgehead atoms. The number of carbonyl (C=O) groups is 1. The van der Waals surface area contributed by atoms with Crippen LogP contribution < -0.4 is 5.32 Å². The van der Waals surface area contributed by atoms with Crippen molar-refractivity contribution >= 4 is 16.3 Å². The predicted molar refractivity (Wildman–Crippen MR) is 356 cm³/mol. The minimum atomic E-state index is -5.09. The number of aliphatic hydroxyl groups is 4. The van der Waals surface area contributed by atoms with Crippen LogP contribution in [0, 0.1) is 0 Å². The summed E-state index contributed by atoms with van der Waals surface area (Å²) in [6, 6.07) is -0.942. The Hall–Kier alpha value is -1.16. The van der Waals surface area contributed by atoms with Gasteiger partial charge in [-0.2, -0.15) is 8.42 Å². The average Bonchev–Trinajstić information content (AvgIpc) is 3.31. The van der Waals surface area contributed by atoms with E-state index in [1.807, 2.05) is 6.08 Å². The number of aliphatic hydroxyl groups excluding tert-OH is 4. The van der Waals surface area contributed by atoms with Gasteiger partial charge in [0, 0.05) is 6.42 Å². The van der Waals surface area contributed by atoms with Crippen molar-refractivity contribution < 1.29 is 51.8 Å². The van der Waals surface area contributed by atoms with Gasteiger partial charge in [-0.05, 0) is 19.3 Å². The van der Waals surface area contributed by atoms with Crippen molar-refractivity contribution in [2.75, 3.05) is 13.2 Å². The molecule has 0 spiro atoms. The molecular weight excluding hydrogens is 1090 g/mol. The van der Waals surface area contributed by atoms with Crippen molar-refractivity contribution in [2.24, 2.45) is 0 Å². The number of hydrogen-bond acceptors (Lipinski definition) is 10. The Balaban J connectivity index is 2.14. The number of allylic oxidation sites excluding steroid dienone is 1. The molecule has 1 heterocycles. The number of hydrogen-bond donors (Lipinski definition) is 6. The molecule has 7 unspecified atom stereocenters. The summed E-state index contributed by atoms with van der Waals surface area (Å²) in [5.41, 5.74) is 0. The first-order valence-corrected chi connectivity index (χ1v) is 38.4. The highest BCUT2D eigenvalue weighted by molar-refractivity contribution is 7.80. The number of amides is 1. The van der Waals surface area contributed by atoms with Gasteiger partial charge in [0.2, 0.25) is 5.91 Å². The van der Waals surface area contributed by atoms with Crippen molar-refractivity contribution in [3.05, 3.63) is 12.2 Å². The van der Waals surface area contributed by atoms with E-state index in [9.17, 15) is 38.2 Å². The summed E-state index contributed by atoms with van der Waals surface area (Å²) in [5, 5.41) is 45.2. The Morgan fingerprint density at radius 3 is 1.02 bits per heavy atom. The fourth-order valence-corrected chi connectivity index (χ4v) is 12.9. The Bertz CT molecular complexity index is 1540. The third-order valence-corrected chi connectivity index (χ3v) is 18.5. The van der Waals surface area contributed by atoms with Crippen LogP contribution in [0.5, 0.6) is 0 Å². The number of nitrogens with one attached hydrogen (secondary N) is 1. The van der Waals surface area contributed by atoms with Gasteiger partial charge in [-0.3, -0.25) is 9.35 Å². The maximum Gasteiger partial charge on any atom is 0.397 e. The maximum absolute atomic E-state index is 13.2. The van der Waals surface area contributed by atoms with Crippen LogP contribution >= 0.6 is 0 Å². The Kier molecular flexibility index (Phi) is 59.4. The van der Waals surface area contributed by atoms with Gasteiger partial charge < -0.3 is 35.2 Å². The topological polar surface area (TPSA) is 192 Å². The van der Waals surface area contributed by atoms with E-state index in [1.54, 1.807) is 6.08 Å². The number of rotatable bonds is 67. The van der Waals surface area contributed by atoms with Crippen LogP contribution in [0.3, 0.4) is 0 Å². The molecule has 0 saturated carbocycles. The molecule has 0 aromatic heterocycles. The second-order valence-corrected chi connectivity index (χ2v) is 27.3. The highest BCUT2D eigenvalue weighted by Gasteiger charge is 2.48. The van der Waals surface area contributed by atoms with E-state index in [1.165, 1.54) is 321 Å². The first-order valence-electron chi connectivity index (χ1n) is 37.1. The Morgan fingerprint density at radius 1 is 0.459 bits per heavy atom. The van der Waals surface area contributed by atoms with Crippen molar-refractivity contribution in [1.29, 1.82) is 0 Å². The van der Waals surface area contributed by atoms with Crippen LogP contribution in [0.2, 0.25) is 0 Å². The summed E-state index contributed by atoms with van der Waals surface area (Å²) in [6.07, 6.45) is 70.3. The third-order valence-electron chi connectivity index (χ3n) is 18.1. The molecule has 1 saturated heterocycles. The normalized spacial score (nSPS) is 18.2. The van der Waals surface area contributed by atoms with Gasteiger partial charge in [-0.25, -0.2) is 4.18 Å². The van der Waals surface area contributed by atoms with Crippen LogP contribution in [-0.4, -0.2) is 95.4 Å². The van der Waals surface area contributed by atoms with E-state index in [4.69, 9.17) is 9.47 Å². The van der Waals surface area contributed by atoms with Crippen LogP contribution in [0.4, 0.5) is 0 Å². The van der Waals surface area contributed by atoms with Gasteiger partial charge in [0.05, 0.1) is 25.4 Å².